The minimum atomic E-state index is -0.360. The Labute approximate surface area is 218 Å². The third-order valence-corrected chi connectivity index (χ3v) is 7.48. The highest BCUT2D eigenvalue weighted by Crippen LogP contribution is 2.25. The Morgan fingerprint density at radius 1 is 1.09 bits per heavy atom. The van der Waals surface area contributed by atoms with Crippen LogP contribution < -0.4 is 5.32 Å². The van der Waals surface area contributed by atoms with Gasteiger partial charge >= 0.3 is 5.97 Å². The third-order valence-electron chi connectivity index (χ3n) is 5.74. The number of thioether (sulfide) groups is 1. The molecule has 0 bridgehead atoms. The normalized spacial score (nSPS) is 16.3. The molecule has 1 saturated heterocycles. The molecule has 4 rings (SSSR count). The molecular formula is C26H26Cl2N2O4S. The zero-order valence-electron chi connectivity index (χ0n) is 19.3. The quantitative estimate of drug-likeness (QED) is 0.323. The van der Waals surface area contributed by atoms with Gasteiger partial charge in [-0.1, -0.05) is 41.4 Å². The van der Waals surface area contributed by atoms with Crippen LogP contribution in [-0.2, 0) is 20.8 Å². The minimum absolute atomic E-state index is 0.0404. The Bertz CT molecular complexity index is 1220. The fraction of sp³-hybridized carbons (Fsp3) is 0.308. The summed E-state index contributed by atoms with van der Waals surface area (Å²) >= 11 is 13.6. The van der Waals surface area contributed by atoms with Crippen LogP contribution in [0.4, 0.5) is 0 Å². The van der Waals surface area contributed by atoms with Gasteiger partial charge in [0.2, 0.25) is 5.91 Å². The van der Waals surface area contributed by atoms with E-state index in [2.05, 4.69) is 10.2 Å². The smallest absolute Gasteiger partial charge is 0.337 e. The van der Waals surface area contributed by atoms with Crippen LogP contribution in [0.1, 0.15) is 15.9 Å². The second-order valence-electron chi connectivity index (χ2n) is 8.28. The maximum atomic E-state index is 12.4. The Hall–Kier alpha value is -2.29. The lowest BCUT2D eigenvalue weighted by atomic mass is 10.1. The molecule has 1 unspecified atom stereocenters. The summed E-state index contributed by atoms with van der Waals surface area (Å²) in [5.74, 6) is -0.0892. The van der Waals surface area contributed by atoms with Crippen molar-refractivity contribution in [3.63, 3.8) is 0 Å². The van der Waals surface area contributed by atoms with Gasteiger partial charge in [0.15, 0.2) is 0 Å². The maximum absolute atomic E-state index is 12.4. The molecule has 0 aliphatic carbocycles. The molecule has 6 nitrogen and oxygen atoms in total. The van der Waals surface area contributed by atoms with Crippen molar-refractivity contribution in [3.05, 3.63) is 75.8 Å². The number of hydrogen-bond acceptors (Lipinski definition) is 6. The van der Waals surface area contributed by atoms with E-state index in [0.717, 1.165) is 40.9 Å². The molecule has 0 spiro atoms. The van der Waals surface area contributed by atoms with E-state index >= 15 is 0 Å². The van der Waals surface area contributed by atoms with Gasteiger partial charge in [-0.2, -0.15) is 0 Å². The first-order chi connectivity index (χ1) is 16.9. The largest absolute Gasteiger partial charge is 0.465 e. The number of carbonyl (C=O) groups is 2. The molecule has 3 aromatic carbocycles. The Morgan fingerprint density at radius 3 is 2.69 bits per heavy atom. The SMILES string of the molecule is COC(=O)c1ccc2cc(SCC(=O)NCC3CN(Cc4ccc(Cl)c(Cl)c4)CCO3)ccc2c1. The number of rotatable bonds is 8. The third kappa shape index (κ3) is 7.12. The van der Waals surface area contributed by atoms with Crippen LogP contribution in [0.25, 0.3) is 10.8 Å². The number of amides is 1. The summed E-state index contributed by atoms with van der Waals surface area (Å²) < 4.78 is 10.6. The summed E-state index contributed by atoms with van der Waals surface area (Å²) in [5.41, 5.74) is 1.61. The highest BCUT2D eigenvalue weighted by molar-refractivity contribution is 8.00. The van der Waals surface area contributed by atoms with E-state index < -0.39 is 0 Å². The zero-order valence-corrected chi connectivity index (χ0v) is 21.6. The Balaban J connectivity index is 1.23. The minimum Gasteiger partial charge on any atom is -0.465 e. The van der Waals surface area contributed by atoms with Crippen LogP contribution in [0, 0.1) is 0 Å². The van der Waals surface area contributed by atoms with Crippen molar-refractivity contribution in [1.82, 2.24) is 10.2 Å². The van der Waals surface area contributed by atoms with Gasteiger partial charge in [0.1, 0.15) is 0 Å². The van der Waals surface area contributed by atoms with Gasteiger partial charge in [0, 0.05) is 31.1 Å². The number of morpholine rings is 1. The van der Waals surface area contributed by atoms with E-state index in [1.54, 1.807) is 12.1 Å². The molecule has 1 fully saturated rings. The highest BCUT2D eigenvalue weighted by atomic mass is 35.5. The molecule has 1 atom stereocenters. The van der Waals surface area contributed by atoms with E-state index in [4.69, 9.17) is 32.7 Å². The van der Waals surface area contributed by atoms with Crippen molar-refractivity contribution in [3.8, 4) is 0 Å². The molecule has 184 valence electrons. The number of halogens is 2. The van der Waals surface area contributed by atoms with Crippen molar-refractivity contribution in [2.75, 3.05) is 39.1 Å². The van der Waals surface area contributed by atoms with Crippen LogP contribution in [0.2, 0.25) is 10.0 Å². The molecule has 35 heavy (non-hydrogen) atoms. The van der Waals surface area contributed by atoms with Crippen LogP contribution in [0.3, 0.4) is 0 Å². The molecule has 1 amide bonds. The number of hydrogen-bond donors (Lipinski definition) is 1. The van der Waals surface area contributed by atoms with E-state index in [1.165, 1.54) is 18.9 Å². The number of nitrogens with one attached hydrogen (secondary N) is 1. The monoisotopic (exact) mass is 532 g/mol. The first-order valence-electron chi connectivity index (χ1n) is 11.2. The van der Waals surface area contributed by atoms with Gasteiger partial charge in [-0.05, 0) is 52.7 Å². The first-order valence-corrected chi connectivity index (χ1v) is 12.9. The van der Waals surface area contributed by atoms with Crippen LogP contribution in [-0.4, -0.2) is 62.0 Å². The average Bonchev–Trinajstić information content (AvgIpc) is 2.87. The van der Waals surface area contributed by atoms with Gasteiger partial charge in [-0.15, -0.1) is 11.8 Å². The topological polar surface area (TPSA) is 67.9 Å². The van der Waals surface area contributed by atoms with Crippen molar-refractivity contribution < 1.29 is 19.1 Å². The van der Waals surface area contributed by atoms with Crippen molar-refractivity contribution in [2.24, 2.45) is 0 Å². The van der Waals surface area contributed by atoms with Crippen LogP contribution in [0.5, 0.6) is 0 Å². The van der Waals surface area contributed by atoms with Gasteiger partial charge in [0.25, 0.3) is 0 Å². The average molecular weight is 533 g/mol. The highest BCUT2D eigenvalue weighted by Gasteiger charge is 2.21. The number of fused-ring (bicyclic) bond motifs is 1. The van der Waals surface area contributed by atoms with Gasteiger partial charge in [-0.25, -0.2) is 4.79 Å². The van der Waals surface area contributed by atoms with Gasteiger partial charge < -0.3 is 14.8 Å². The summed E-state index contributed by atoms with van der Waals surface area (Å²) in [6, 6.07) is 17.0. The van der Waals surface area contributed by atoms with Crippen molar-refractivity contribution in [2.45, 2.75) is 17.5 Å². The number of benzene rings is 3. The molecule has 1 aliphatic rings. The fourth-order valence-electron chi connectivity index (χ4n) is 3.93. The molecule has 9 heteroatoms. The standard InChI is InChI=1S/C26H26Cl2N2O4S/c1-33-26(32)20-4-3-19-12-22(6-5-18(19)11-20)35-16-25(31)29-13-21-15-30(8-9-34-21)14-17-2-7-23(27)24(28)10-17/h2-7,10-12,21H,8-9,13-16H2,1H3,(H,29,31). The maximum Gasteiger partial charge on any atom is 0.337 e. The molecule has 0 radical (unpaired) electrons. The second-order valence-corrected chi connectivity index (χ2v) is 10.1. The summed E-state index contributed by atoms with van der Waals surface area (Å²) in [6.07, 6.45) is -0.0647. The van der Waals surface area contributed by atoms with E-state index in [-0.39, 0.29) is 18.0 Å². The predicted molar refractivity (Wildman–Crippen MR) is 141 cm³/mol. The molecular weight excluding hydrogens is 507 g/mol. The van der Waals surface area contributed by atoms with Crippen LogP contribution in [0.15, 0.2) is 59.5 Å². The number of methoxy groups -OCH3 is 1. The fourth-order valence-corrected chi connectivity index (χ4v) is 5.02. The first kappa shape index (κ1) is 25.8. The van der Waals surface area contributed by atoms with E-state index in [9.17, 15) is 9.59 Å². The summed E-state index contributed by atoms with van der Waals surface area (Å²) in [7, 11) is 1.37. The molecule has 1 heterocycles. The molecule has 0 saturated carbocycles. The van der Waals surface area contributed by atoms with E-state index in [1.807, 2.05) is 42.5 Å². The number of esters is 1. The molecule has 0 aromatic heterocycles. The number of nitrogens with zero attached hydrogens (tertiary/aromatic N) is 1. The Morgan fingerprint density at radius 2 is 1.89 bits per heavy atom. The number of carbonyl (C=O) groups excluding carboxylic acids is 2. The molecule has 1 N–H and O–H groups in total. The van der Waals surface area contributed by atoms with Crippen molar-refractivity contribution >= 4 is 57.6 Å². The lowest BCUT2D eigenvalue weighted by Crippen LogP contribution is -2.47. The predicted octanol–water partition coefficient (Wildman–Crippen LogP) is 5.04. The lowest BCUT2D eigenvalue weighted by molar-refractivity contribution is -0.119. The summed E-state index contributed by atoms with van der Waals surface area (Å²) in [4.78, 5) is 27.4. The second kappa shape index (κ2) is 12.1. The van der Waals surface area contributed by atoms with Gasteiger partial charge in [0.05, 0.1) is 41.2 Å². The number of ether oxygens (including phenoxy) is 2. The lowest BCUT2D eigenvalue weighted by Gasteiger charge is -2.33. The van der Waals surface area contributed by atoms with Crippen LogP contribution >= 0.6 is 35.0 Å². The van der Waals surface area contributed by atoms with E-state index in [0.29, 0.717) is 34.5 Å². The summed E-state index contributed by atoms with van der Waals surface area (Å²) in [5, 5.41) is 6.03. The molecule has 3 aromatic rings. The molecule has 1 aliphatic heterocycles. The summed E-state index contributed by atoms with van der Waals surface area (Å²) in [6.45, 7) is 3.38. The zero-order chi connectivity index (χ0) is 24.8. The Kier molecular flexibility index (Phi) is 8.92. The van der Waals surface area contributed by atoms with Gasteiger partial charge in [-0.3, -0.25) is 9.69 Å². The van der Waals surface area contributed by atoms with Crippen molar-refractivity contribution in [1.29, 1.82) is 0 Å².